The lowest BCUT2D eigenvalue weighted by atomic mass is 9.70. The number of nitro groups is 1. The second-order valence-electron chi connectivity index (χ2n) is 7.49. The van der Waals surface area contributed by atoms with Crippen LogP contribution in [0.2, 0.25) is 0 Å². The van der Waals surface area contributed by atoms with E-state index in [1.54, 1.807) is 30.3 Å². The molecule has 0 bridgehead atoms. The number of hydrogen-bond donors (Lipinski definition) is 1. The van der Waals surface area contributed by atoms with Gasteiger partial charge in [-0.1, -0.05) is 18.2 Å². The number of hydrazine groups is 1. The molecule has 0 radical (unpaired) electrons. The van der Waals surface area contributed by atoms with Gasteiger partial charge in [0.25, 0.3) is 17.5 Å². The van der Waals surface area contributed by atoms with E-state index in [-0.39, 0.29) is 30.0 Å². The zero-order valence-corrected chi connectivity index (χ0v) is 15.0. The van der Waals surface area contributed by atoms with E-state index >= 15 is 0 Å². The van der Waals surface area contributed by atoms with Gasteiger partial charge in [0, 0.05) is 30.8 Å². The van der Waals surface area contributed by atoms with Gasteiger partial charge in [-0.15, -0.1) is 0 Å². The van der Waals surface area contributed by atoms with Crippen molar-refractivity contribution in [3.8, 4) is 0 Å². The number of nitrogens with zero attached hydrogens (tertiary/aromatic N) is 3. The van der Waals surface area contributed by atoms with Gasteiger partial charge >= 0.3 is 0 Å². The van der Waals surface area contributed by atoms with Crippen molar-refractivity contribution in [3.05, 3.63) is 64.2 Å². The average Bonchev–Trinajstić information content (AvgIpc) is 3.29. The summed E-state index contributed by atoms with van der Waals surface area (Å²) in [5.74, 6) is -0.631. The van der Waals surface area contributed by atoms with Crippen LogP contribution < -0.4 is 15.3 Å². The highest BCUT2D eigenvalue weighted by Gasteiger charge is 2.63. The van der Waals surface area contributed by atoms with Crippen LogP contribution in [0, 0.1) is 15.5 Å². The Labute approximate surface area is 160 Å². The molecule has 28 heavy (non-hydrogen) atoms. The number of benzene rings is 2. The third-order valence-corrected chi connectivity index (χ3v) is 6.09. The van der Waals surface area contributed by atoms with Gasteiger partial charge in [-0.25, -0.2) is 5.01 Å². The Balaban J connectivity index is 1.63. The van der Waals surface area contributed by atoms with E-state index in [0.717, 1.165) is 25.1 Å². The third-order valence-electron chi connectivity index (χ3n) is 6.09. The Bertz CT molecular complexity index is 1010. The number of non-ortho nitro benzene ring substituents is 1. The first kappa shape index (κ1) is 16.7. The van der Waals surface area contributed by atoms with Crippen LogP contribution in [0.3, 0.4) is 0 Å². The molecule has 2 amide bonds. The lowest BCUT2D eigenvalue weighted by molar-refractivity contribution is -0.384. The maximum atomic E-state index is 13.5. The molecule has 3 aliphatic rings. The van der Waals surface area contributed by atoms with Crippen LogP contribution in [-0.4, -0.2) is 29.3 Å². The van der Waals surface area contributed by atoms with Gasteiger partial charge in [0.1, 0.15) is 0 Å². The molecule has 2 fully saturated rings. The molecule has 142 valence electrons. The molecule has 8 heteroatoms. The topological polar surface area (TPSA) is 95.8 Å². The summed E-state index contributed by atoms with van der Waals surface area (Å²) in [5.41, 5.74) is 3.61. The molecule has 1 N–H and O–H groups in total. The standard InChI is InChI=1S/C20H18N4O4/c25-18-20(19(26)23(21-18)14-5-2-1-3-6-14)12-13-11-15(24(27)28)8-9-16(13)22-10-4-7-17(20)22/h1-3,5-6,8-9,11,17H,4,7,10,12H2,(H,21,25)/t17-,20+/m0/s1. The van der Waals surface area contributed by atoms with Crippen molar-refractivity contribution in [2.45, 2.75) is 25.3 Å². The molecule has 1 spiro atoms. The van der Waals surface area contributed by atoms with Gasteiger partial charge in [-0.3, -0.25) is 25.1 Å². The molecule has 2 atom stereocenters. The number of nitro benzene ring substituents is 1. The predicted octanol–water partition coefficient (Wildman–Crippen LogP) is 2.18. The van der Waals surface area contributed by atoms with Crippen LogP contribution >= 0.6 is 0 Å². The predicted molar refractivity (Wildman–Crippen MR) is 102 cm³/mol. The first-order valence-corrected chi connectivity index (χ1v) is 9.27. The number of para-hydroxylation sites is 1. The summed E-state index contributed by atoms with van der Waals surface area (Å²) in [5, 5.41) is 12.6. The number of anilines is 2. The highest BCUT2D eigenvalue weighted by atomic mass is 16.6. The van der Waals surface area contributed by atoms with Gasteiger partial charge in [-0.05, 0) is 36.6 Å². The molecule has 0 aliphatic carbocycles. The highest BCUT2D eigenvalue weighted by molar-refractivity contribution is 6.19. The first-order valence-electron chi connectivity index (χ1n) is 9.27. The summed E-state index contributed by atoms with van der Waals surface area (Å²) in [6.45, 7) is 0.725. The molecule has 2 saturated heterocycles. The van der Waals surface area contributed by atoms with E-state index in [2.05, 4.69) is 10.3 Å². The van der Waals surface area contributed by atoms with Crippen molar-refractivity contribution in [2.75, 3.05) is 16.5 Å². The van der Waals surface area contributed by atoms with Crippen molar-refractivity contribution in [3.63, 3.8) is 0 Å². The van der Waals surface area contributed by atoms with Crippen LogP contribution in [0.5, 0.6) is 0 Å². The van der Waals surface area contributed by atoms with Crippen molar-refractivity contribution in [1.29, 1.82) is 0 Å². The van der Waals surface area contributed by atoms with Gasteiger partial charge in [-0.2, -0.15) is 0 Å². The number of hydrogen-bond acceptors (Lipinski definition) is 5. The number of amides is 2. The number of fused-ring (bicyclic) bond motifs is 4. The monoisotopic (exact) mass is 378 g/mol. The molecular weight excluding hydrogens is 360 g/mol. The van der Waals surface area contributed by atoms with Crippen molar-refractivity contribution < 1.29 is 14.5 Å². The summed E-state index contributed by atoms with van der Waals surface area (Å²) in [6, 6.07) is 13.5. The fourth-order valence-corrected chi connectivity index (χ4v) is 4.85. The quantitative estimate of drug-likeness (QED) is 0.491. The lowest BCUT2D eigenvalue weighted by Gasteiger charge is -2.43. The fourth-order valence-electron chi connectivity index (χ4n) is 4.85. The van der Waals surface area contributed by atoms with Crippen LogP contribution in [-0.2, 0) is 16.0 Å². The second-order valence-corrected chi connectivity index (χ2v) is 7.49. The van der Waals surface area contributed by atoms with E-state index in [1.165, 1.54) is 17.1 Å². The van der Waals surface area contributed by atoms with E-state index in [0.29, 0.717) is 11.3 Å². The van der Waals surface area contributed by atoms with Crippen LogP contribution in [0.15, 0.2) is 48.5 Å². The minimum atomic E-state index is -1.27. The molecule has 0 unspecified atom stereocenters. The largest absolute Gasteiger partial charge is 0.367 e. The fraction of sp³-hybridized carbons (Fsp3) is 0.300. The number of rotatable bonds is 2. The number of carbonyl (C=O) groups excluding carboxylic acids is 2. The van der Waals surface area contributed by atoms with E-state index in [4.69, 9.17) is 0 Å². The summed E-state index contributed by atoms with van der Waals surface area (Å²) in [4.78, 5) is 39.6. The Kier molecular flexibility index (Phi) is 3.46. The first-order chi connectivity index (χ1) is 13.5. The zero-order valence-electron chi connectivity index (χ0n) is 15.0. The maximum absolute atomic E-state index is 13.5. The normalized spacial score (nSPS) is 25.6. The highest BCUT2D eigenvalue weighted by Crippen LogP contribution is 2.49. The maximum Gasteiger partial charge on any atom is 0.269 e. The summed E-state index contributed by atoms with van der Waals surface area (Å²) in [7, 11) is 0. The van der Waals surface area contributed by atoms with Gasteiger partial charge in [0.15, 0.2) is 5.41 Å². The second kappa shape index (κ2) is 5.79. The molecule has 3 heterocycles. The van der Waals surface area contributed by atoms with Crippen LogP contribution in [0.4, 0.5) is 17.1 Å². The van der Waals surface area contributed by atoms with Crippen molar-refractivity contribution in [1.82, 2.24) is 5.43 Å². The van der Waals surface area contributed by atoms with E-state index in [9.17, 15) is 19.7 Å². The van der Waals surface area contributed by atoms with E-state index in [1.807, 2.05) is 6.07 Å². The Morgan fingerprint density at radius 2 is 1.93 bits per heavy atom. The number of nitrogens with one attached hydrogen (secondary N) is 1. The van der Waals surface area contributed by atoms with Gasteiger partial charge in [0.05, 0.1) is 16.7 Å². The Hall–Kier alpha value is -3.42. The Morgan fingerprint density at radius 3 is 2.68 bits per heavy atom. The SMILES string of the molecule is O=C1NN(c2ccccc2)C(=O)[C@@]12Cc1cc([N+](=O)[O-])ccc1N1CCC[C@H]12. The molecule has 5 rings (SSSR count). The summed E-state index contributed by atoms with van der Waals surface area (Å²) < 4.78 is 0. The third kappa shape index (κ3) is 2.11. The minimum Gasteiger partial charge on any atom is -0.367 e. The average molecular weight is 378 g/mol. The van der Waals surface area contributed by atoms with Crippen LogP contribution in [0.1, 0.15) is 18.4 Å². The zero-order chi connectivity index (χ0) is 19.5. The molecular formula is C20H18N4O4. The smallest absolute Gasteiger partial charge is 0.269 e. The number of carbonyl (C=O) groups is 2. The molecule has 0 saturated carbocycles. The van der Waals surface area contributed by atoms with Gasteiger partial charge < -0.3 is 4.90 Å². The van der Waals surface area contributed by atoms with Crippen molar-refractivity contribution in [2.24, 2.45) is 5.41 Å². The molecule has 2 aromatic rings. The Morgan fingerprint density at radius 1 is 1.14 bits per heavy atom. The van der Waals surface area contributed by atoms with Gasteiger partial charge in [0.2, 0.25) is 0 Å². The summed E-state index contributed by atoms with van der Waals surface area (Å²) in [6.07, 6.45) is 1.77. The minimum absolute atomic E-state index is 0.0303. The molecule has 0 aromatic heterocycles. The summed E-state index contributed by atoms with van der Waals surface area (Å²) >= 11 is 0. The lowest BCUT2D eigenvalue weighted by Crippen LogP contribution is -2.56. The van der Waals surface area contributed by atoms with Crippen molar-refractivity contribution >= 4 is 28.9 Å². The molecule has 8 nitrogen and oxygen atoms in total. The molecule has 2 aromatic carbocycles. The van der Waals surface area contributed by atoms with E-state index < -0.39 is 10.3 Å². The van der Waals surface area contributed by atoms with Crippen LogP contribution in [0.25, 0.3) is 0 Å². The molecule has 3 aliphatic heterocycles.